The van der Waals surface area contributed by atoms with Gasteiger partial charge in [-0.05, 0) is 12.8 Å². The minimum absolute atomic E-state index is 0.217. The predicted octanol–water partition coefficient (Wildman–Crippen LogP) is -0.236. The van der Waals surface area contributed by atoms with Crippen molar-refractivity contribution in [2.75, 3.05) is 7.11 Å². The van der Waals surface area contributed by atoms with Crippen molar-refractivity contribution < 1.29 is 31.7 Å². The Labute approximate surface area is 116 Å². The number of fused-ring (bicyclic) bond motifs is 1. The van der Waals surface area contributed by atoms with Crippen LogP contribution in [0.3, 0.4) is 0 Å². The van der Waals surface area contributed by atoms with E-state index in [2.05, 4.69) is 11.3 Å². The van der Waals surface area contributed by atoms with E-state index in [4.69, 9.17) is 8.92 Å². The van der Waals surface area contributed by atoms with Crippen molar-refractivity contribution in [1.29, 1.82) is 0 Å². The number of hydrogen-bond acceptors (Lipinski definition) is 7. The van der Waals surface area contributed by atoms with Gasteiger partial charge in [0.2, 0.25) is 4.75 Å². The second-order valence-corrected chi connectivity index (χ2v) is 7.05. The summed E-state index contributed by atoms with van der Waals surface area (Å²) in [5.74, 6) is -2.42. The lowest BCUT2D eigenvalue weighted by Gasteiger charge is -2.33. The lowest BCUT2D eigenvalue weighted by atomic mass is 9.83. The number of carbonyl (C=O) groups is 2. The largest absolute Gasteiger partial charge is 0.468 e. The lowest BCUT2D eigenvalue weighted by molar-refractivity contribution is -0.157. The van der Waals surface area contributed by atoms with Crippen LogP contribution in [0.15, 0.2) is 12.7 Å². The minimum atomic E-state index is -4.19. The highest BCUT2D eigenvalue weighted by molar-refractivity contribution is 7.89. The molecule has 2 bridgehead atoms. The van der Waals surface area contributed by atoms with Crippen LogP contribution in [0.5, 0.6) is 0 Å². The van der Waals surface area contributed by atoms with Crippen LogP contribution < -0.4 is 0 Å². The first-order chi connectivity index (χ1) is 9.38. The predicted molar refractivity (Wildman–Crippen MR) is 64.8 cm³/mol. The second kappa shape index (κ2) is 4.05. The molecule has 3 fully saturated rings. The van der Waals surface area contributed by atoms with Crippen LogP contribution in [0.2, 0.25) is 0 Å². The second-order valence-electron chi connectivity index (χ2n) is 5.27. The maximum atomic E-state index is 12.3. The minimum Gasteiger partial charge on any atom is -0.468 e. The van der Waals surface area contributed by atoms with Gasteiger partial charge in [0.1, 0.15) is 6.10 Å². The van der Waals surface area contributed by atoms with Crippen molar-refractivity contribution in [3.8, 4) is 0 Å². The van der Waals surface area contributed by atoms with E-state index < -0.39 is 44.9 Å². The Balaban J connectivity index is 2.12. The van der Waals surface area contributed by atoms with E-state index in [1.807, 2.05) is 0 Å². The SMILES string of the molecule is C=CC(=O)OC1C2CC3OS(=O)(=O)C1(C(=O)OC)C3C2. The Morgan fingerprint density at radius 3 is 2.70 bits per heavy atom. The molecule has 3 aliphatic rings. The standard InChI is InChI=1S/C12H14O7S/c1-3-9(13)18-10-6-4-7-8(5-6)19-20(15,16)12(7,10)11(14)17-2/h3,6-8,10H,1,4-5H2,2H3. The molecule has 1 heterocycles. The fourth-order valence-corrected chi connectivity index (χ4v) is 5.99. The first-order valence-corrected chi connectivity index (χ1v) is 7.63. The molecule has 8 heteroatoms. The molecule has 0 radical (unpaired) electrons. The average molecular weight is 302 g/mol. The van der Waals surface area contributed by atoms with E-state index in [0.29, 0.717) is 12.8 Å². The highest BCUT2D eigenvalue weighted by Crippen LogP contribution is 2.62. The molecule has 2 aliphatic carbocycles. The maximum Gasteiger partial charge on any atom is 0.334 e. The monoisotopic (exact) mass is 302 g/mol. The summed E-state index contributed by atoms with van der Waals surface area (Å²) in [4.78, 5) is 23.6. The topological polar surface area (TPSA) is 96.0 Å². The van der Waals surface area contributed by atoms with E-state index in [-0.39, 0.29) is 5.92 Å². The summed E-state index contributed by atoms with van der Waals surface area (Å²) in [5, 5.41) is 0. The van der Waals surface area contributed by atoms with Gasteiger partial charge in [0.05, 0.1) is 13.2 Å². The van der Waals surface area contributed by atoms with Crippen molar-refractivity contribution in [3.05, 3.63) is 12.7 Å². The molecular formula is C12H14O7S. The molecule has 0 amide bonds. The molecule has 3 rings (SSSR count). The molecule has 0 aromatic carbocycles. The first kappa shape index (κ1) is 13.6. The number of esters is 2. The molecule has 1 aliphatic heterocycles. The number of methoxy groups -OCH3 is 1. The molecule has 2 saturated carbocycles. The molecule has 0 spiro atoms. The molecule has 20 heavy (non-hydrogen) atoms. The third-order valence-electron chi connectivity index (χ3n) is 4.52. The third kappa shape index (κ3) is 1.35. The van der Waals surface area contributed by atoms with E-state index in [9.17, 15) is 18.0 Å². The molecule has 0 aromatic heterocycles. The first-order valence-electron chi connectivity index (χ1n) is 6.22. The van der Waals surface area contributed by atoms with E-state index in [1.54, 1.807) is 0 Å². The normalized spacial score (nSPS) is 43.2. The van der Waals surface area contributed by atoms with E-state index in [1.165, 1.54) is 0 Å². The summed E-state index contributed by atoms with van der Waals surface area (Å²) in [6.45, 7) is 3.28. The average Bonchev–Trinajstić information content (AvgIpc) is 2.97. The van der Waals surface area contributed by atoms with Gasteiger partial charge < -0.3 is 9.47 Å². The van der Waals surface area contributed by atoms with E-state index in [0.717, 1.165) is 13.2 Å². The zero-order valence-corrected chi connectivity index (χ0v) is 11.6. The highest BCUT2D eigenvalue weighted by atomic mass is 32.2. The van der Waals surface area contributed by atoms with Gasteiger partial charge in [-0.15, -0.1) is 0 Å². The molecule has 5 unspecified atom stereocenters. The number of rotatable bonds is 3. The van der Waals surface area contributed by atoms with Crippen LogP contribution >= 0.6 is 0 Å². The van der Waals surface area contributed by atoms with Crippen molar-refractivity contribution in [3.63, 3.8) is 0 Å². The summed E-state index contributed by atoms with van der Waals surface area (Å²) >= 11 is 0. The maximum absolute atomic E-state index is 12.3. The molecule has 0 aromatic rings. The van der Waals surface area contributed by atoms with Crippen molar-refractivity contribution in [2.45, 2.75) is 29.8 Å². The summed E-state index contributed by atoms with van der Waals surface area (Å²) in [5.41, 5.74) is 0. The van der Waals surface area contributed by atoms with Gasteiger partial charge in [0, 0.05) is 17.9 Å². The zero-order valence-electron chi connectivity index (χ0n) is 10.8. The van der Waals surface area contributed by atoms with Crippen LogP contribution in [0, 0.1) is 11.8 Å². The fraction of sp³-hybridized carbons (Fsp3) is 0.667. The fourth-order valence-electron chi connectivity index (χ4n) is 3.86. The smallest absolute Gasteiger partial charge is 0.334 e. The summed E-state index contributed by atoms with van der Waals surface area (Å²) in [6, 6.07) is 0. The Kier molecular flexibility index (Phi) is 2.74. The Morgan fingerprint density at radius 2 is 2.10 bits per heavy atom. The quantitative estimate of drug-likeness (QED) is 0.403. The van der Waals surface area contributed by atoms with Crippen molar-refractivity contribution in [2.24, 2.45) is 11.8 Å². The van der Waals surface area contributed by atoms with Crippen LogP contribution in [0.25, 0.3) is 0 Å². The number of ether oxygens (including phenoxy) is 2. The molecule has 0 N–H and O–H groups in total. The van der Waals surface area contributed by atoms with Gasteiger partial charge in [0.15, 0.2) is 0 Å². The van der Waals surface area contributed by atoms with Gasteiger partial charge in [-0.25, -0.2) is 4.79 Å². The summed E-state index contributed by atoms with van der Waals surface area (Å²) in [6.07, 6.45) is 0.264. The Hall–Kier alpha value is -1.41. The molecule has 1 saturated heterocycles. The highest BCUT2D eigenvalue weighted by Gasteiger charge is 2.80. The number of hydrogen-bond donors (Lipinski definition) is 0. The van der Waals surface area contributed by atoms with Gasteiger partial charge in [-0.1, -0.05) is 6.58 Å². The van der Waals surface area contributed by atoms with Gasteiger partial charge in [-0.2, -0.15) is 8.42 Å². The lowest BCUT2D eigenvalue weighted by Crippen LogP contribution is -2.58. The van der Waals surface area contributed by atoms with Crippen molar-refractivity contribution in [1.82, 2.24) is 0 Å². The number of carbonyl (C=O) groups excluding carboxylic acids is 2. The van der Waals surface area contributed by atoms with Gasteiger partial charge in [0.25, 0.3) is 10.1 Å². The van der Waals surface area contributed by atoms with E-state index >= 15 is 0 Å². The Bertz CT molecular complexity index is 595. The zero-order chi connectivity index (χ0) is 14.7. The third-order valence-corrected chi connectivity index (χ3v) is 6.55. The summed E-state index contributed by atoms with van der Waals surface area (Å²) in [7, 11) is -3.08. The Morgan fingerprint density at radius 1 is 1.40 bits per heavy atom. The molecular weight excluding hydrogens is 288 g/mol. The molecule has 7 nitrogen and oxygen atoms in total. The van der Waals surface area contributed by atoms with Crippen LogP contribution in [-0.4, -0.2) is 44.4 Å². The van der Waals surface area contributed by atoms with Crippen LogP contribution in [-0.2, 0) is 33.4 Å². The molecule has 5 atom stereocenters. The van der Waals surface area contributed by atoms with Crippen LogP contribution in [0.1, 0.15) is 12.8 Å². The van der Waals surface area contributed by atoms with Gasteiger partial charge in [-0.3, -0.25) is 8.98 Å². The van der Waals surface area contributed by atoms with Gasteiger partial charge >= 0.3 is 11.9 Å². The van der Waals surface area contributed by atoms with Crippen LogP contribution in [0.4, 0.5) is 0 Å². The summed E-state index contributed by atoms with van der Waals surface area (Å²) < 4.78 is 37.7. The van der Waals surface area contributed by atoms with Crippen molar-refractivity contribution >= 4 is 22.1 Å². The molecule has 110 valence electrons.